The first-order valence-corrected chi connectivity index (χ1v) is 5.77. The highest BCUT2D eigenvalue weighted by molar-refractivity contribution is 5.70. The summed E-state index contributed by atoms with van der Waals surface area (Å²) in [4.78, 5) is 21.4. The van der Waals surface area contributed by atoms with E-state index in [0.717, 1.165) is 12.8 Å². The maximum atomic E-state index is 11.3. The molecule has 0 spiro atoms. The molecule has 0 saturated carbocycles. The normalized spacial score (nSPS) is 9.39. The van der Waals surface area contributed by atoms with Gasteiger partial charge in [-0.25, -0.2) is 4.79 Å². The molecule has 0 atom stereocenters. The van der Waals surface area contributed by atoms with Gasteiger partial charge in [-0.15, -0.1) is 0 Å². The van der Waals surface area contributed by atoms with Gasteiger partial charge in [0.1, 0.15) is 5.75 Å². The molecule has 1 rings (SSSR count). The zero-order valence-electron chi connectivity index (χ0n) is 10.2. The zero-order chi connectivity index (χ0) is 13.2. The summed E-state index contributed by atoms with van der Waals surface area (Å²) >= 11 is 0. The fourth-order valence-electron chi connectivity index (χ4n) is 1.23. The van der Waals surface area contributed by atoms with Crippen molar-refractivity contribution in [1.29, 1.82) is 0 Å². The summed E-state index contributed by atoms with van der Waals surface area (Å²) in [6.07, 6.45) is 2.01. The second kappa shape index (κ2) is 7.94. The van der Waals surface area contributed by atoms with Gasteiger partial charge in [0.05, 0.1) is 5.69 Å². The third kappa shape index (κ3) is 5.20. The van der Waals surface area contributed by atoms with E-state index in [0.29, 0.717) is 24.4 Å². The molecule has 1 aromatic rings. The Hall–Kier alpha value is -2.24. The lowest BCUT2D eigenvalue weighted by atomic mass is 10.3. The van der Waals surface area contributed by atoms with E-state index in [4.69, 9.17) is 4.74 Å². The van der Waals surface area contributed by atoms with Gasteiger partial charge >= 0.3 is 6.09 Å². The number of unbranched alkanes of at least 4 members (excludes halogenated alkanes) is 1. The summed E-state index contributed by atoms with van der Waals surface area (Å²) in [5.74, 6) is 0.445. The molecule has 6 nitrogen and oxygen atoms in total. The van der Waals surface area contributed by atoms with Crippen LogP contribution in [0.25, 0.3) is 0 Å². The van der Waals surface area contributed by atoms with Crippen LogP contribution in [0, 0.1) is 0 Å². The molecule has 0 bridgehead atoms. The van der Waals surface area contributed by atoms with Gasteiger partial charge in [0.2, 0.25) is 6.41 Å². The Morgan fingerprint density at radius 3 is 2.67 bits per heavy atom. The van der Waals surface area contributed by atoms with Crippen molar-refractivity contribution in [2.24, 2.45) is 0 Å². The van der Waals surface area contributed by atoms with Gasteiger partial charge in [-0.3, -0.25) is 15.6 Å². The van der Waals surface area contributed by atoms with E-state index < -0.39 is 6.09 Å². The predicted octanol–water partition coefficient (Wildman–Crippen LogP) is 1.65. The van der Waals surface area contributed by atoms with Crippen LogP contribution in [0.3, 0.4) is 0 Å². The quantitative estimate of drug-likeness (QED) is 0.391. The fraction of sp³-hybridized carbons (Fsp3) is 0.333. The van der Waals surface area contributed by atoms with Gasteiger partial charge in [-0.1, -0.05) is 13.3 Å². The molecule has 0 aromatic heterocycles. The van der Waals surface area contributed by atoms with Crippen LogP contribution in [0.1, 0.15) is 19.8 Å². The Kier molecular flexibility index (Phi) is 6.10. The van der Waals surface area contributed by atoms with Gasteiger partial charge < -0.3 is 10.1 Å². The van der Waals surface area contributed by atoms with Crippen LogP contribution in [0.5, 0.6) is 5.75 Å². The number of carbonyl (C=O) groups is 2. The molecule has 0 aliphatic carbocycles. The molecule has 2 amide bonds. The number of ether oxygens (including phenoxy) is 1. The van der Waals surface area contributed by atoms with E-state index in [2.05, 4.69) is 16.2 Å². The standard InChI is InChI=1S/C12H17N3O3/c1-2-3-8-13-12(17)18-11-6-4-10(5-7-11)15-14-9-16/h4-7,9,15H,2-3,8H2,1H3,(H,13,17)(H,14,16). The molecule has 1 aromatic carbocycles. The molecule has 0 heterocycles. The molecule has 0 radical (unpaired) electrons. The van der Waals surface area contributed by atoms with E-state index in [1.807, 2.05) is 6.92 Å². The largest absolute Gasteiger partial charge is 0.412 e. The summed E-state index contributed by atoms with van der Waals surface area (Å²) in [5, 5.41) is 2.65. The highest BCUT2D eigenvalue weighted by Crippen LogP contribution is 2.14. The van der Waals surface area contributed by atoms with Crippen LogP contribution >= 0.6 is 0 Å². The summed E-state index contributed by atoms with van der Waals surface area (Å²) < 4.78 is 5.05. The minimum absolute atomic E-state index is 0.445. The molecule has 0 aliphatic rings. The first-order chi connectivity index (χ1) is 8.76. The number of benzene rings is 1. The van der Waals surface area contributed by atoms with Gasteiger partial charge in [-0.05, 0) is 30.7 Å². The van der Waals surface area contributed by atoms with E-state index in [1.165, 1.54) is 0 Å². The average molecular weight is 251 g/mol. The first-order valence-electron chi connectivity index (χ1n) is 5.77. The van der Waals surface area contributed by atoms with Crippen LogP contribution in [0.2, 0.25) is 0 Å². The molecule has 98 valence electrons. The fourth-order valence-corrected chi connectivity index (χ4v) is 1.23. The van der Waals surface area contributed by atoms with Gasteiger partial charge in [0.15, 0.2) is 0 Å². The van der Waals surface area contributed by atoms with Crippen molar-refractivity contribution in [3.8, 4) is 5.75 Å². The van der Waals surface area contributed by atoms with Gasteiger partial charge in [0.25, 0.3) is 0 Å². The average Bonchev–Trinajstić information content (AvgIpc) is 2.38. The molecule has 0 unspecified atom stereocenters. The Morgan fingerprint density at radius 1 is 1.33 bits per heavy atom. The molecule has 18 heavy (non-hydrogen) atoms. The Labute approximate surface area is 106 Å². The van der Waals surface area contributed by atoms with Crippen LogP contribution in [0.15, 0.2) is 24.3 Å². The maximum absolute atomic E-state index is 11.3. The summed E-state index contributed by atoms with van der Waals surface area (Å²) in [6, 6.07) is 6.64. The third-order valence-corrected chi connectivity index (χ3v) is 2.14. The first kappa shape index (κ1) is 13.8. The number of anilines is 1. The highest BCUT2D eigenvalue weighted by atomic mass is 16.6. The number of rotatable bonds is 7. The lowest BCUT2D eigenvalue weighted by Crippen LogP contribution is -2.27. The molecule has 6 heteroatoms. The topological polar surface area (TPSA) is 79.5 Å². The second-order valence-electron chi connectivity index (χ2n) is 3.58. The second-order valence-corrected chi connectivity index (χ2v) is 3.58. The van der Waals surface area contributed by atoms with Crippen molar-refractivity contribution >= 4 is 18.2 Å². The molecule has 0 saturated heterocycles. The number of nitrogens with one attached hydrogen (secondary N) is 3. The highest BCUT2D eigenvalue weighted by Gasteiger charge is 2.02. The number of amides is 2. The molecular weight excluding hydrogens is 234 g/mol. The van der Waals surface area contributed by atoms with Gasteiger partial charge in [0, 0.05) is 6.54 Å². The Morgan fingerprint density at radius 2 is 2.06 bits per heavy atom. The van der Waals surface area contributed by atoms with Crippen molar-refractivity contribution < 1.29 is 14.3 Å². The summed E-state index contributed by atoms with van der Waals surface area (Å²) in [5.41, 5.74) is 5.65. The number of hydrazine groups is 1. The molecular formula is C12H17N3O3. The smallest absolute Gasteiger partial charge is 0.410 e. The molecule has 0 aliphatic heterocycles. The molecule has 3 N–H and O–H groups in total. The predicted molar refractivity (Wildman–Crippen MR) is 68.2 cm³/mol. The molecule has 0 fully saturated rings. The SMILES string of the molecule is CCCCNC(=O)Oc1ccc(NNC=O)cc1. The van der Waals surface area contributed by atoms with Gasteiger partial charge in [-0.2, -0.15) is 0 Å². The Bertz CT molecular complexity index is 379. The summed E-state index contributed by atoms with van der Waals surface area (Å²) in [6.45, 7) is 2.66. The summed E-state index contributed by atoms with van der Waals surface area (Å²) in [7, 11) is 0. The maximum Gasteiger partial charge on any atom is 0.412 e. The van der Waals surface area contributed by atoms with E-state index >= 15 is 0 Å². The number of hydrogen-bond acceptors (Lipinski definition) is 4. The van der Waals surface area contributed by atoms with Crippen LogP contribution in [-0.4, -0.2) is 19.0 Å². The third-order valence-electron chi connectivity index (χ3n) is 2.14. The van der Waals surface area contributed by atoms with Crippen molar-refractivity contribution in [3.63, 3.8) is 0 Å². The number of carbonyl (C=O) groups excluding carboxylic acids is 2. The van der Waals surface area contributed by atoms with Crippen molar-refractivity contribution in [1.82, 2.24) is 10.7 Å². The number of hydrogen-bond donors (Lipinski definition) is 3. The van der Waals surface area contributed by atoms with Crippen LogP contribution in [-0.2, 0) is 4.79 Å². The van der Waals surface area contributed by atoms with E-state index in [9.17, 15) is 9.59 Å². The minimum atomic E-state index is -0.463. The van der Waals surface area contributed by atoms with Crippen molar-refractivity contribution in [3.05, 3.63) is 24.3 Å². The van der Waals surface area contributed by atoms with E-state index in [1.54, 1.807) is 24.3 Å². The lowest BCUT2D eigenvalue weighted by molar-refractivity contribution is -0.109. The lowest BCUT2D eigenvalue weighted by Gasteiger charge is -2.07. The van der Waals surface area contributed by atoms with Crippen LogP contribution in [0.4, 0.5) is 10.5 Å². The van der Waals surface area contributed by atoms with Crippen LogP contribution < -0.4 is 20.9 Å². The van der Waals surface area contributed by atoms with Crippen molar-refractivity contribution in [2.75, 3.05) is 12.0 Å². The van der Waals surface area contributed by atoms with Crippen molar-refractivity contribution in [2.45, 2.75) is 19.8 Å². The minimum Gasteiger partial charge on any atom is -0.410 e. The van der Waals surface area contributed by atoms with E-state index in [-0.39, 0.29) is 0 Å². The monoisotopic (exact) mass is 251 g/mol. The zero-order valence-corrected chi connectivity index (χ0v) is 10.2. The Balaban J connectivity index is 2.38.